The largest absolute Gasteiger partial charge is 0.379 e. The zero-order valence-corrected chi connectivity index (χ0v) is 16.3. The molecule has 0 unspecified atom stereocenters. The molecule has 5 nitrogen and oxygen atoms in total. The van der Waals surface area contributed by atoms with Crippen molar-refractivity contribution in [3.8, 4) is 0 Å². The molecule has 0 N–H and O–H groups in total. The van der Waals surface area contributed by atoms with Crippen molar-refractivity contribution >= 4 is 21.6 Å². The molecule has 2 aromatic rings. The Labute approximate surface area is 160 Å². The Hall–Kier alpha value is -1.44. The van der Waals surface area contributed by atoms with E-state index in [4.69, 9.17) is 16.3 Å². The molecule has 0 amide bonds. The lowest BCUT2D eigenvalue weighted by Gasteiger charge is -2.26. The summed E-state index contributed by atoms with van der Waals surface area (Å²) in [6.07, 6.45) is 0. The highest BCUT2D eigenvalue weighted by atomic mass is 35.5. The number of halogens is 1. The Balaban J connectivity index is 1.69. The average Bonchev–Trinajstić information content (AvgIpc) is 2.64. The predicted octanol–water partition coefficient (Wildman–Crippen LogP) is 2.99. The number of nitrogens with zero attached hydrogens (tertiary/aromatic N) is 2. The lowest BCUT2D eigenvalue weighted by atomic mass is 10.2. The van der Waals surface area contributed by atoms with Gasteiger partial charge in [-0.1, -0.05) is 35.9 Å². The number of rotatable bonds is 6. The Morgan fingerprint density at radius 1 is 1.04 bits per heavy atom. The summed E-state index contributed by atoms with van der Waals surface area (Å²) in [5, 5.41) is 0.720. The van der Waals surface area contributed by atoms with Gasteiger partial charge in [0.1, 0.15) is 0 Å². The molecule has 1 saturated heterocycles. The fourth-order valence-electron chi connectivity index (χ4n) is 3.01. The fraction of sp³-hybridized carbons (Fsp3) is 0.368. The average molecular weight is 395 g/mol. The van der Waals surface area contributed by atoms with Crippen LogP contribution in [-0.4, -0.2) is 51.0 Å². The highest BCUT2D eigenvalue weighted by Crippen LogP contribution is 2.19. The molecule has 0 aromatic heterocycles. The minimum atomic E-state index is -3.46. The van der Waals surface area contributed by atoms with E-state index in [1.807, 2.05) is 37.4 Å². The summed E-state index contributed by atoms with van der Waals surface area (Å²) < 4.78 is 32.3. The van der Waals surface area contributed by atoms with E-state index in [9.17, 15) is 8.42 Å². The molecule has 0 aliphatic carbocycles. The first kappa shape index (κ1) is 19.3. The fourth-order valence-corrected chi connectivity index (χ4v) is 4.61. The molecule has 0 radical (unpaired) electrons. The van der Waals surface area contributed by atoms with E-state index in [-0.39, 0.29) is 0 Å². The van der Waals surface area contributed by atoms with Crippen molar-refractivity contribution in [1.29, 1.82) is 0 Å². The third-order valence-electron chi connectivity index (χ3n) is 4.32. The van der Waals surface area contributed by atoms with Gasteiger partial charge in [0, 0.05) is 31.2 Å². The summed E-state index contributed by atoms with van der Waals surface area (Å²) in [5.74, 6) is 0. The number of benzene rings is 2. The minimum absolute atomic E-state index is 0.344. The highest BCUT2D eigenvalue weighted by molar-refractivity contribution is 7.89. The van der Waals surface area contributed by atoms with Crippen molar-refractivity contribution < 1.29 is 13.2 Å². The topological polar surface area (TPSA) is 49.9 Å². The van der Waals surface area contributed by atoms with Crippen molar-refractivity contribution in [2.45, 2.75) is 18.0 Å². The van der Waals surface area contributed by atoms with E-state index in [0.29, 0.717) is 37.7 Å². The van der Waals surface area contributed by atoms with Gasteiger partial charge >= 0.3 is 0 Å². The number of hydrogen-bond acceptors (Lipinski definition) is 4. The maximum atomic E-state index is 12.8. The van der Waals surface area contributed by atoms with Gasteiger partial charge in [-0.3, -0.25) is 4.90 Å². The second kappa shape index (κ2) is 8.50. The summed E-state index contributed by atoms with van der Waals surface area (Å²) in [4.78, 5) is 2.49. The van der Waals surface area contributed by atoms with Crippen LogP contribution >= 0.6 is 11.6 Å². The van der Waals surface area contributed by atoms with E-state index < -0.39 is 10.0 Å². The third-order valence-corrected chi connectivity index (χ3v) is 6.47. The lowest BCUT2D eigenvalue weighted by Crippen LogP contribution is -2.40. The Kier molecular flexibility index (Phi) is 6.32. The third kappa shape index (κ3) is 4.84. The van der Waals surface area contributed by atoms with Crippen molar-refractivity contribution in [1.82, 2.24) is 9.21 Å². The van der Waals surface area contributed by atoms with Crippen LogP contribution in [0.2, 0.25) is 5.02 Å². The van der Waals surface area contributed by atoms with Gasteiger partial charge in [0.15, 0.2) is 0 Å². The van der Waals surface area contributed by atoms with E-state index in [0.717, 1.165) is 22.7 Å². The number of sulfonamides is 1. The van der Waals surface area contributed by atoms with Gasteiger partial charge in [-0.25, -0.2) is 8.42 Å². The molecule has 3 rings (SSSR count). The van der Waals surface area contributed by atoms with Gasteiger partial charge in [0.2, 0.25) is 10.0 Å². The summed E-state index contributed by atoms with van der Waals surface area (Å²) in [7, 11) is -1.45. The van der Waals surface area contributed by atoms with Gasteiger partial charge in [-0.05, 0) is 42.4 Å². The molecular formula is C19H23ClN2O3S. The van der Waals surface area contributed by atoms with Crippen LogP contribution in [0.15, 0.2) is 53.4 Å². The summed E-state index contributed by atoms with van der Waals surface area (Å²) in [6.45, 7) is 3.13. The molecule has 0 bridgehead atoms. The summed E-state index contributed by atoms with van der Waals surface area (Å²) in [6, 6.07) is 14.9. The Morgan fingerprint density at radius 2 is 1.69 bits per heavy atom. The molecule has 1 heterocycles. The molecule has 0 atom stereocenters. The summed E-state index contributed by atoms with van der Waals surface area (Å²) >= 11 is 5.92. The SMILES string of the molecule is CN(Cc1ccc(Cl)cc1)Cc1cccc(S(=O)(=O)N2CCOCC2)c1. The Morgan fingerprint density at radius 3 is 2.38 bits per heavy atom. The molecule has 0 saturated carbocycles. The monoisotopic (exact) mass is 394 g/mol. The first-order valence-corrected chi connectivity index (χ1v) is 10.4. The quantitative estimate of drug-likeness (QED) is 0.755. The summed E-state index contributed by atoms with van der Waals surface area (Å²) in [5.41, 5.74) is 2.13. The molecule has 1 aliphatic heterocycles. The van der Waals surface area contributed by atoms with Crippen LogP contribution in [0.3, 0.4) is 0 Å². The van der Waals surface area contributed by atoms with Crippen LogP contribution < -0.4 is 0 Å². The molecule has 2 aromatic carbocycles. The van der Waals surface area contributed by atoms with Crippen molar-refractivity contribution in [2.75, 3.05) is 33.4 Å². The normalized spacial score (nSPS) is 16.1. The predicted molar refractivity (Wildman–Crippen MR) is 103 cm³/mol. The zero-order valence-electron chi connectivity index (χ0n) is 14.8. The number of ether oxygens (including phenoxy) is 1. The van der Waals surface area contributed by atoms with Crippen LogP contribution in [0.5, 0.6) is 0 Å². The molecule has 140 valence electrons. The Bertz CT molecular complexity index is 834. The second-order valence-electron chi connectivity index (χ2n) is 6.46. The van der Waals surface area contributed by atoms with Gasteiger partial charge in [-0.15, -0.1) is 0 Å². The van der Waals surface area contributed by atoms with E-state index >= 15 is 0 Å². The standard InChI is InChI=1S/C19H23ClN2O3S/c1-21(14-16-5-7-18(20)8-6-16)15-17-3-2-4-19(13-17)26(23,24)22-9-11-25-12-10-22/h2-8,13H,9-12,14-15H2,1H3. The number of hydrogen-bond donors (Lipinski definition) is 0. The maximum absolute atomic E-state index is 12.8. The molecule has 1 fully saturated rings. The van der Waals surface area contributed by atoms with Crippen LogP contribution in [-0.2, 0) is 27.8 Å². The van der Waals surface area contributed by atoms with Gasteiger partial charge in [0.05, 0.1) is 18.1 Å². The van der Waals surface area contributed by atoms with Crippen LogP contribution in [0.4, 0.5) is 0 Å². The molecule has 0 spiro atoms. The smallest absolute Gasteiger partial charge is 0.243 e. The van der Waals surface area contributed by atoms with Crippen molar-refractivity contribution in [3.63, 3.8) is 0 Å². The molecular weight excluding hydrogens is 372 g/mol. The minimum Gasteiger partial charge on any atom is -0.379 e. The van der Waals surface area contributed by atoms with Crippen molar-refractivity contribution in [3.05, 3.63) is 64.7 Å². The van der Waals surface area contributed by atoms with Crippen LogP contribution in [0.25, 0.3) is 0 Å². The maximum Gasteiger partial charge on any atom is 0.243 e. The second-order valence-corrected chi connectivity index (χ2v) is 8.84. The molecule has 26 heavy (non-hydrogen) atoms. The van der Waals surface area contributed by atoms with Crippen molar-refractivity contribution in [2.24, 2.45) is 0 Å². The van der Waals surface area contributed by atoms with E-state index in [2.05, 4.69) is 4.90 Å². The first-order chi connectivity index (χ1) is 12.4. The first-order valence-electron chi connectivity index (χ1n) is 8.55. The number of morpholine rings is 1. The highest BCUT2D eigenvalue weighted by Gasteiger charge is 2.26. The zero-order chi connectivity index (χ0) is 18.6. The van der Waals surface area contributed by atoms with E-state index in [1.54, 1.807) is 18.2 Å². The molecule has 1 aliphatic rings. The lowest BCUT2D eigenvalue weighted by molar-refractivity contribution is 0.0730. The van der Waals surface area contributed by atoms with Crippen LogP contribution in [0, 0.1) is 0 Å². The van der Waals surface area contributed by atoms with Gasteiger partial charge < -0.3 is 4.74 Å². The van der Waals surface area contributed by atoms with E-state index in [1.165, 1.54) is 4.31 Å². The molecule has 7 heteroatoms. The van der Waals surface area contributed by atoms with Gasteiger partial charge in [-0.2, -0.15) is 4.31 Å². The van der Waals surface area contributed by atoms with Gasteiger partial charge in [0.25, 0.3) is 0 Å². The van der Waals surface area contributed by atoms with Crippen LogP contribution in [0.1, 0.15) is 11.1 Å².